The normalized spacial score (nSPS) is 36.5. The minimum Gasteiger partial charge on any atom is -0.481 e. The molecule has 116 valence electrons. The third-order valence-electron chi connectivity index (χ3n) is 5.72. The number of rotatable bonds is 6. The maximum atomic E-state index is 13.1. The van der Waals surface area contributed by atoms with E-state index in [0.717, 1.165) is 37.0 Å². The summed E-state index contributed by atoms with van der Waals surface area (Å²) in [4.78, 5) is 25.6. The Bertz CT molecular complexity index is 422. The smallest absolute Gasteiger partial charge is 0.305 e. The SMILES string of the molecule is C=CCN(CCC(=O)O)C(=O)C12CC3CC(CC(C3)C1)C2. The van der Waals surface area contributed by atoms with Crippen LogP contribution in [0, 0.1) is 23.2 Å². The second-order valence-corrected chi connectivity index (χ2v) is 7.38. The highest BCUT2D eigenvalue weighted by Crippen LogP contribution is 2.60. The number of aliphatic carboxylic acids is 1. The molecule has 0 heterocycles. The van der Waals surface area contributed by atoms with Crippen LogP contribution in [0.3, 0.4) is 0 Å². The number of nitrogens with zero attached hydrogens (tertiary/aromatic N) is 1. The second-order valence-electron chi connectivity index (χ2n) is 7.38. The Kier molecular flexibility index (Phi) is 3.80. The van der Waals surface area contributed by atoms with Gasteiger partial charge < -0.3 is 10.0 Å². The molecule has 0 unspecified atom stereocenters. The maximum absolute atomic E-state index is 13.1. The molecule has 4 aliphatic carbocycles. The van der Waals surface area contributed by atoms with Gasteiger partial charge in [0.1, 0.15) is 0 Å². The molecular weight excluding hydrogens is 266 g/mol. The fourth-order valence-electron chi connectivity index (χ4n) is 5.37. The van der Waals surface area contributed by atoms with Crippen molar-refractivity contribution in [3.05, 3.63) is 12.7 Å². The number of hydrogen-bond donors (Lipinski definition) is 1. The Morgan fingerprint density at radius 3 is 2.10 bits per heavy atom. The van der Waals surface area contributed by atoms with Gasteiger partial charge in [0.05, 0.1) is 11.8 Å². The van der Waals surface area contributed by atoms with Crippen LogP contribution in [0.4, 0.5) is 0 Å². The van der Waals surface area contributed by atoms with Gasteiger partial charge in [-0.2, -0.15) is 0 Å². The van der Waals surface area contributed by atoms with Crippen molar-refractivity contribution in [1.29, 1.82) is 0 Å². The lowest BCUT2D eigenvalue weighted by Gasteiger charge is -2.56. The van der Waals surface area contributed by atoms with Crippen molar-refractivity contribution in [1.82, 2.24) is 4.90 Å². The lowest BCUT2D eigenvalue weighted by atomic mass is 9.49. The summed E-state index contributed by atoms with van der Waals surface area (Å²) in [5.41, 5.74) is -0.184. The zero-order chi connectivity index (χ0) is 15.0. The third kappa shape index (κ3) is 2.72. The molecule has 0 aromatic heterocycles. The molecule has 0 aliphatic heterocycles. The molecule has 0 aromatic carbocycles. The Balaban J connectivity index is 1.75. The molecule has 1 N–H and O–H groups in total. The molecule has 4 rings (SSSR count). The van der Waals surface area contributed by atoms with Gasteiger partial charge in [-0.3, -0.25) is 9.59 Å². The summed E-state index contributed by atoms with van der Waals surface area (Å²) < 4.78 is 0. The average molecular weight is 291 g/mol. The standard InChI is InChI=1S/C17H25NO3/c1-2-4-18(5-3-15(19)20)16(21)17-9-12-6-13(10-17)8-14(7-12)11-17/h2,12-14H,1,3-11H2,(H,19,20). The van der Waals surface area contributed by atoms with E-state index >= 15 is 0 Å². The van der Waals surface area contributed by atoms with Gasteiger partial charge in [-0.15, -0.1) is 6.58 Å². The summed E-state index contributed by atoms with van der Waals surface area (Å²) in [6.45, 7) is 4.49. The van der Waals surface area contributed by atoms with Crippen LogP contribution in [0.5, 0.6) is 0 Å². The number of amides is 1. The van der Waals surface area contributed by atoms with Gasteiger partial charge >= 0.3 is 5.97 Å². The Morgan fingerprint density at radius 1 is 1.14 bits per heavy atom. The largest absolute Gasteiger partial charge is 0.481 e. The molecule has 4 saturated carbocycles. The molecule has 1 amide bonds. The van der Waals surface area contributed by atoms with E-state index in [0.29, 0.717) is 13.1 Å². The van der Waals surface area contributed by atoms with E-state index < -0.39 is 5.97 Å². The summed E-state index contributed by atoms with van der Waals surface area (Å²) >= 11 is 0. The lowest BCUT2D eigenvalue weighted by Crippen LogP contribution is -2.54. The van der Waals surface area contributed by atoms with Crippen LogP contribution in [0.15, 0.2) is 12.7 Å². The molecule has 0 spiro atoms. The van der Waals surface area contributed by atoms with Crippen LogP contribution >= 0.6 is 0 Å². The Morgan fingerprint density at radius 2 is 1.67 bits per heavy atom. The molecule has 4 nitrogen and oxygen atoms in total. The molecular formula is C17H25NO3. The zero-order valence-electron chi connectivity index (χ0n) is 12.6. The van der Waals surface area contributed by atoms with Crippen LogP contribution in [-0.2, 0) is 9.59 Å². The van der Waals surface area contributed by atoms with Crippen molar-refractivity contribution in [2.75, 3.05) is 13.1 Å². The van der Waals surface area contributed by atoms with Crippen LogP contribution in [0.2, 0.25) is 0 Å². The molecule has 0 radical (unpaired) electrons. The summed E-state index contributed by atoms with van der Waals surface area (Å²) in [5, 5.41) is 8.88. The number of carboxylic acid groups (broad SMARTS) is 1. The zero-order valence-corrected chi connectivity index (χ0v) is 12.6. The first kappa shape index (κ1) is 14.6. The molecule has 4 bridgehead atoms. The molecule has 0 saturated heterocycles. The molecule has 0 atom stereocenters. The van der Waals surface area contributed by atoms with Gasteiger partial charge in [-0.25, -0.2) is 0 Å². The van der Waals surface area contributed by atoms with Gasteiger partial charge in [-0.05, 0) is 56.3 Å². The summed E-state index contributed by atoms with van der Waals surface area (Å²) in [6, 6.07) is 0. The third-order valence-corrected chi connectivity index (χ3v) is 5.72. The quantitative estimate of drug-likeness (QED) is 0.765. The van der Waals surface area contributed by atoms with E-state index in [9.17, 15) is 9.59 Å². The number of carbonyl (C=O) groups is 2. The molecule has 4 fully saturated rings. The number of carboxylic acids is 1. The van der Waals surface area contributed by atoms with E-state index in [1.165, 1.54) is 19.3 Å². The highest BCUT2D eigenvalue weighted by Gasteiger charge is 2.55. The minimum atomic E-state index is -0.845. The molecule has 21 heavy (non-hydrogen) atoms. The number of hydrogen-bond acceptors (Lipinski definition) is 2. The van der Waals surface area contributed by atoms with Crippen molar-refractivity contribution < 1.29 is 14.7 Å². The van der Waals surface area contributed by atoms with E-state index in [2.05, 4.69) is 6.58 Å². The highest BCUT2D eigenvalue weighted by atomic mass is 16.4. The minimum absolute atomic E-state index is 0.0198. The summed E-state index contributed by atoms with van der Waals surface area (Å²) in [5.74, 6) is 1.53. The van der Waals surface area contributed by atoms with Crippen molar-refractivity contribution >= 4 is 11.9 Å². The monoisotopic (exact) mass is 291 g/mol. The van der Waals surface area contributed by atoms with Crippen molar-refractivity contribution in [2.45, 2.75) is 44.9 Å². The van der Waals surface area contributed by atoms with Crippen LogP contribution in [0.25, 0.3) is 0 Å². The number of carbonyl (C=O) groups excluding carboxylic acids is 1. The van der Waals surface area contributed by atoms with Crippen LogP contribution < -0.4 is 0 Å². The van der Waals surface area contributed by atoms with E-state index in [4.69, 9.17) is 5.11 Å². The van der Waals surface area contributed by atoms with Crippen molar-refractivity contribution in [3.8, 4) is 0 Å². The fraction of sp³-hybridized carbons (Fsp3) is 0.765. The Hall–Kier alpha value is -1.32. The van der Waals surface area contributed by atoms with Gasteiger partial charge in [0.25, 0.3) is 0 Å². The molecule has 4 heteroatoms. The fourth-order valence-corrected chi connectivity index (χ4v) is 5.37. The van der Waals surface area contributed by atoms with E-state index in [1.807, 2.05) is 0 Å². The maximum Gasteiger partial charge on any atom is 0.305 e. The summed E-state index contributed by atoms with van der Waals surface area (Å²) in [6.07, 6.45) is 8.73. The van der Waals surface area contributed by atoms with E-state index in [1.54, 1.807) is 11.0 Å². The average Bonchev–Trinajstić information content (AvgIpc) is 2.41. The Labute approximate surface area is 126 Å². The first-order valence-corrected chi connectivity index (χ1v) is 8.14. The first-order valence-electron chi connectivity index (χ1n) is 8.14. The lowest BCUT2D eigenvalue weighted by molar-refractivity contribution is -0.157. The summed E-state index contributed by atoms with van der Waals surface area (Å²) in [7, 11) is 0. The van der Waals surface area contributed by atoms with Gasteiger partial charge in [-0.1, -0.05) is 6.08 Å². The topological polar surface area (TPSA) is 57.6 Å². The first-order chi connectivity index (χ1) is 10.0. The predicted octanol–water partition coefficient (Wildman–Crippen LogP) is 2.69. The van der Waals surface area contributed by atoms with Crippen molar-refractivity contribution in [2.24, 2.45) is 23.2 Å². The van der Waals surface area contributed by atoms with Crippen LogP contribution in [-0.4, -0.2) is 35.0 Å². The van der Waals surface area contributed by atoms with Crippen LogP contribution in [0.1, 0.15) is 44.9 Å². The van der Waals surface area contributed by atoms with Gasteiger partial charge in [0.15, 0.2) is 0 Å². The predicted molar refractivity (Wildman–Crippen MR) is 79.6 cm³/mol. The van der Waals surface area contributed by atoms with Gasteiger partial charge in [0, 0.05) is 13.1 Å². The second kappa shape index (κ2) is 5.47. The van der Waals surface area contributed by atoms with Gasteiger partial charge in [0.2, 0.25) is 5.91 Å². The molecule has 0 aromatic rings. The highest BCUT2D eigenvalue weighted by molar-refractivity contribution is 5.84. The van der Waals surface area contributed by atoms with E-state index in [-0.39, 0.29) is 17.7 Å². The molecule has 4 aliphatic rings. The van der Waals surface area contributed by atoms with Crippen molar-refractivity contribution in [3.63, 3.8) is 0 Å².